The highest BCUT2D eigenvalue weighted by atomic mass is 16.5. The smallest absolute Gasteiger partial charge is 0.253 e. The van der Waals surface area contributed by atoms with Gasteiger partial charge in [0.2, 0.25) is 0 Å². The van der Waals surface area contributed by atoms with Gasteiger partial charge in [-0.25, -0.2) is 4.68 Å². The van der Waals surface area contributed by atoms with Crippen molar-refractivity contribution in [3.63, 3.8) is 0 Å². The fourth-order valence-electron chi connectivity index (χ4n) is 5.22. The highest BCUT2D eigenvalue weighted by Gasteiger charge is 2.33. The summed E-state index contributed by atoms with van der Waals surface area (Å²) in [7, 11) is 1.66. The third-order valence-corrected chi connectivity index (χ3v) is 7.34. The molecule has 37 heavy (non-hydrogen) atoms. The third kappa shape index (κ3) is 5.14. The number of nitrogens with zero attached hydrogens (tertiary/aromatic N) is 6. The van der Waals surface area contributed by atoms with E-state index in [1.807, 2.05) is 12.1 Å². The normalized spacial score (nSPS) is 15.4. The van der Waals surface area contributed by atoms with Crippen LogP contribution in [0, 0.1) is 13.8 Å². The lowest BCUT2D eigenvalue weighted by Crippen LogP contribution is -2.49. The summed E-state index contributed by atoms with van der Waals surface area (Å²) in [6.45, 7) is 10.7. The number of pyridine rings is 1. The molecule has 194 valence electrons. The van der Waals surface area contributed by atoms with E-state index < -0.39 is 0 Å². The van der Waals surface area contributed by atoms with Crippen molar-refractivity contribution in [2.45, 2.75) is 39.8 Å². The number of hydrogen-bond acceptors (Lipinski definition) is 7. The molecule has 5 rings (SSSR count). The summed E-state index contributed by atoms with van der Waals surface area (Å²) >= 11 is 0. The summed E-state index contributed by atoms with van der Waals surface area (Å²) in [4.78, 5) is 21.3. The standard InChI is InChI=1S/C28H35N7O2/c1-5-21-8-9-24-22(17-21)18-23(28(36)29-24)26(27-30-31-32-35(27)14-15-37-4)34-12-10-33(11-13-34)25-16-19(2)6-7-20(25)3/h6-9,16-18,26H,5,10-15H2,1-4H3,(H,29,36)/t26-/m1/s1. The molecule has 0 unspecified atom stereocenters. The van der Waals surface area contributed by atoms with E-state index in [0.717, 1.165) is 43.5 Å². The first-order valence-electron chi connectivity index (χ1n) is 13.0. The molecule has 9 nitrogen and oxygen atoms in total. The number of tetrazole rings is 1. The van der Waals surface area contributed by atoms with Gasteiger partial charge in [-0.15, -0.1) is 5.10 Å². The van der Waals surface area contributed by atoms with E-state index in [2.05, 4.69) is 81.4 Å². The maximum Gasteiger partial charge on any atom is 0.253 e. The average molecular weight is 502 g/mol. The summed E-state index contributed by atoms with van der Waals surface area (Å²) in [5.74, 6) is 0.661. The molecular weight excluding hydrogens is 466 g/mol. The fourth-order valence-corrected chi connectivity index (χ4v) is 5.22. The van der Waals surface area contributed by atoms with Crippen molar-refractivity contribution < 1.29 is 4.74 Å². The van der Waals surface area contributed by atoms with Gasteiger partial charge in [-0.3, -0.25) is 9.69 Å². The number of H-pyrrole nitrogens is 1. The van der Waals surface area contributed by atoms with E-state index in [-0.39, 0.29) is 11.6 Å². The number of benzene rings is 2. The first-order valence-corrected chi connectivity index (χ1v) is 13.0. The van der Waals surface area contributed by atoms with E-state index in [4.69, 9.17) is 4.74 Å². The Labute approximate surface area is 217 Å². The lowest BCUT2D eigenvalue weighted by molar-refractivity contribution is 0.171. The highest BCUT2D eigenvalue weighted by molar-refractivity contribution is 5.80. The zero-order valence-corrected chi connectivity index (χ0v) is 22.1. The molecule has 1 saturated heterocycles. The molecule has 1 atom stereocenters. The number of aryl methyl sites for hydroxylation is 3. The van der Waals surface area contributed by atoms with Gasteiger partial charge < -0.3 is 14.6 Å². The zero-order valence-electron chi connectivity index (χ0n) is 22.1. The Morgan fingerprint density at radius 2 is 1.86 bits per heavy atom. The number of ether oxygens (including phenoxy) is 1. The van der Waals surface area contributed by atoms with Gasteiger partial charge in [0, 0.05) is 50.1 Å². The molecule has 1 N–H and O–H groups in total. The van der Waals surface area contributed by atoms with Crippen LogP contribution in [0.25, 0.3) is 10.9 Å². The number of nitrogens with one attached hydrogen (secondary N) is 1. The minimum Gasteiger partial charge on any atom is -0.383 e. The number of anilines is 1. The molecule has 1 aliphatic rings. The highest BCUT2D eigenvalue weighted by Crippen LogP contribution is 2.30. The first kappa shape index (κ1) is 25.1. The largest absolute Gasteiger partial charge is 0.383 e. The van der Waals surface area contributed by atoms with Crippen molar-refractivity contribution >= 4 is 16.6 Å². The van der Waals surface area contributed by atoms with Crippen LogP contribution in [0.3, 0.4) is 0 Å². The van der Waals surface area contributed by atoms with Crippen LogP contribution in [0.1, 0.15) is 41.0 Å². The number of fused-ring (bicyclic) bond motifs is 1. The zero-order chi connectivity index (χ0) is 25.9. The Hall–Kier alpha value is -3.56. The summed E-state index contributed by atoms with van der Waals surface area (Å²) < 4.78 is 7.05. The van der Waals surface area contributed by atoms with E-state index in [0.29, 0.717) is 24.5 Å². The maximum absolute atomic E-state index is 13.5. The number of aromatic nitrogens is 5. The van der Waals surface area contributed by atoms with E-state index in [1.165, 1.54) is 22.4 Å². The van der Waals surface area contributed by atoms with Crippen LogP contribution in [0.2, 0.25) is 0 Å². The summed E-state index contributed by atoms with van der Waals surface area (Å²) in [6.07, 6.45) is 0.934. The number of methoxy groups -OCH3 is 1. The minimum atomic E-state index is -0.369. The predicted octanol–water partition coefficient (Wildman–Crippen LogP) is 3.25. The summed E-state index contributed by atoms with van der Waals surface area (Å²) in [5.41, 5.74) is 6.42. The monoisotopic (exact) mass is 501 g/mol. The molecule has 1 aliphatic heterocycles. The van der Waals surface area contributed by atoms with Crippen LogP contribution in [0.5, 0.6) is 0 Å². The van der Waals surface area contributed by atoms with Crippen LogP contribution in [-0.2, 0) is 17.7 Å². The SMILES string of the molecule is CCc1ccc2[nH]c(=O)c([C@H](c3nnnn3CCOC)N3CCN(c4cc(C)ccc4C)CC3)cc2c1. The molecular formula is C28H35N7O2. The van der Waals surface area contributed by atoms with Crippen LogP contribution < -0.4 is 10.5 Å². The predicted molar refractivity (Wildman–Crippen MR) is 145 cm³/mol. The van der Waals surface area contributed by atoms with Gasteiger partial charge in [-0.2, -0.15) is 0 Å². The number of aromatic amines is 1. The van der Waals surface area contributed by atoms with Crippen molar-refractivity contribution in [2.75, 3.05) is 44.8 Å². The Balaban J connectivity index is 1.53. The number of rotatable bonds is 8. The van der Waals surface area contributed by atoms with E-state index >= 15 is 0 Å². The lowest BCUT2D eigenvalue weighted by Gasteiger charge is -2.40. The molecule has 0 bridgehead atoms. The van der Waals surface area contributed by atoms with Crippen molar-refractivity contribution in [2.24, 2.45) is 0 Å². The Kier molecular flexibility index (Phi) is 7.34. The molecule has 2 aromatic heterocycles. The quantitative estimate of drug-likeness (QED) is 0.396. The van der Waals surface area contributed by atoms with Crippen molar-refractivity contribution in [3.8, 4) is 0 Å². The van der Waals surface area contributed by atoms with Crippen LogP contribution >= 0.6 is 0 Å². The van der Waals surface area contributed by atoms with Gasteiger partial charge in [0.15, 0.2) is 5.82 Å². The van der Waals surface area contributed by atoms with Gasteiger partial charge >= 0.3 is 0 Å². The molecule has 0 radical (unpaired) electrons. The van der Waals surface area contributed by atoms with Crippen molar-refractivity contribution in [1.29, 1.82) is 0 Å². The molecule has 9 heteroatoms. The minimum absolute atomic E-state index is 0.111. The van der Waals surface area contributed by atoms with Crippen LogP contribution in [0.4, 0.5) is 5.69 Å². The molecule has 0 aliphatic carbocycles. The summed E-state index contributed by atoms with van der Waals surface area (Å²) in [6, 6.07) is 14.4. The van der Waals surface area contributed by atoms with Gasteiger partial charge in [0.05, 0.1) is 13.2 Å². The Bertz CT molecular complexity index is 1440. The first-order chi connectivity index (χ1) is 18.0. The van der Waals surface area contributed by atoms with E-state index in [1.54, 1.807) is 11.8 Å². The Morgan fingerprint density at radius 3 is 2.62 bits per heavy atom. The molecule has 2 aromatic carbocycles. The molecule has 0 amide bonds. The van der Waals surface area contributed by atoms with Gasteiger partial charge in [-0.05, 0) is 77.0 Å². The van der Waals surface area contributed by atoms with Gasteiger partial charge in [0.25, 0.3) is 5.56 Å². The topological polar surface area (TPSA) is 92.2 Å². The lowest BCUT2D eigenvalue weighted by atomic mass is 10.0. The molecule has 4 aromatic rings. The van der Waals surface area contributed by atoms with Crippen molar-refractivity contribution in [3.05, 3.63) is 80.9 Å². The molecule has 1 fully saturated rings. The van der Waals surface area contributed by atoms with Gasteiger partial charge in [0.1, 0.15) is 6.04 Å². The third-order valence-electron chi connectivity index (χ3n) is 7.34. The van der Waals surface area contributed by atoms with Crippen molar-refractivity contribution in [1.82, 2.24) is 30.1 Å². The molecule has 0 saturated carbocycles. The molecule has 0 spiro atoms. The number of piperazine rings is 1. The maximum atomic E-state index is 13.5. The second-order valence-electron chi connectivity index (χ2n) is 9.80. The van der Waals surface area contributed by atoms with Crippen LogP contribution in [-0.4, -0.2) is 70.0 Å². The van der Waals surface area contributed by atoms with Gasteiger partial charge in [-0.1, -0.05) is 25.1 Å². The number of hydrogen-bond donors (Lipinski definition) is 1. The summed E-state index contributed by atoms with van der Waals surface area (Å²) in [5, 5.41) is 13.6. The Morgan fingerprint density at radius 1 is 1.05 bits per heavy atom. The second kappa shape index (κ2) is 10.8. The molecule has 3 heterocycles. The van der Waals surface area contributed by atoms with E-state index in [9.17, 15) is 4.79 Å². The average Bonchev–Trinajstić information content (AvgIpc) is 3.37. The second-order valence-corrected chi connectivity index (χ2v) is 9.80. The van der Waals surface area contributed by atoms with Crippen LogP contribution in [0.15, 0.2) is 47.3 Å². The fraction of sp³-hybridized carbons (Fsp3) is 0.429.